The third-order valence-corrected chi connectivity index (χ3v) is 5.68. The van der Waals surface area contributed by atoms with E-state index in [4.69, 9.17) is 10.5 Å². The van der Waals surface area contributed by atoms with Crippen LogP contribution in [0.4, 0.5) is 4.79 Å². The number of hydrogen-bond donors (Lipinski definition) is 4. The average molecular weight is 539 g/mol. The lowest BCUT2D eigenvalue weighted by Crippen LogP contribution is -2.53. The van der Waals surface area contributed by atoms with Crippen molar-refractivity contribution >= 4 is 23.8 Å². The van der Waals surface area contributed by atoms with Crippen molar-refractivity contribution in [1.29, 1.82) is 0 Å². The molecule has 0 aliphatic carbocycles. The number of ether oxygens (including phenoxy) is 1. The van der Waals surface area contributed by atoms with Crippen LogP contribution in [-0.4, -0.2) is 52.0 Å². The SMILES string of the molecule is C=CCN(C(=O)C(CCC(N)=O)NC(=O)OC(C)(C)C)C(C(=O)NCc1ccccc1)c1ccc(O)c(C)c1. The summed E-state index contributed by atoms with van der Waals surface area (Å²) >= 11 is 0. The number of rotatable bonds is 12. The number of carbonyl (C=O) groups excluding carboxylic acids is 4. The molecule has 0 heterocycles. The zero-order chi connectivity index (χ0) is 29.2. The maximum Gasteiger partial charge on any atom is 0.408 e. The second-order valence-corrected chi connectivity index (χ2v) is 10.1. The molecular weight excluding hydrogens is 500 g/mol. The number of alkyl carbamates (subject to hydrolysis) is 1. The molecule has 5 N–H and O–H groups in total. The number of aromatic hydroxyl groups is 1. The third kappa shape index (κ3) is 9.81. The fourth-order valence-corrected chi connectivity index (χ4v) is 3.86. The van der Waals surface area contributed by atoms with Crippen molar-refractivity contribution in [3.05, 3.63) is 77.9 Å². The molecule has 39 heavy (non-hydrogen) atoms. The van der Waals surface area contributed by atoms with E-state index in [0.29, 0.717) is 11.1 Å². The second-order valence-electron chi connectivity index (χ2n) is 10.1. The van der Waals surface area contributed by atoms with Gasteiger partial charge in [-0.3, -0.25) is 14.4 Å². The summed E-state index contributed by atoms with van der Waals surface area (Å²) in [7, 11) is 0. The minimum Gasteiger partial charge on any atom is -0.508 e. The van der Waals surface area contributed by atoms with Crippen LogP contribution in [0.1, 0.15) is 56.3 Å². The lowest BCUT2D eigenvalue weighted by molar-refractivity contribution is -0.142. The van der Waals surface area contributed by atoms with Crippen molar-refractivity contribution in [3.63, 3.8) is 0 Å². The van der Waals surface area contributed by atoms with E-state index in [0.717, 1.165) is 5.56 Å². The number of nitrogens with two attached hydrogens (primary N) is 1. The van der Waals surface area contributed by atoms with Gasteiger partial charge in [0.1, 0.15) is 23.4 Å². The van der Waals surface area contributed by atoms with Gasteiger partial charge in [0.15, 0.2) is 0 Å². The zero-order valence-corrected chi connectivity index (χ0v) is 22.9. The predicted molar refractivity (Wildman–Crippen MR) is 147 cm³/mol. The lowest BCUT2D eigenvalue weighted by atomic mass is 9.99. The summed E-state index contributed by atoms with van der Waals surface area (Å²) in [5.41, 5.74) is 6.31. The first-order valence-corrected chi connectivity index (χ1v) is 12.6. The number of phenolic OH excluding ortho intramolecular Hbond substituents is 1. The van der Waals surface area contributed by atoms with Gasteiger partial charge in [-0.1, -0.05) is 42.5 Å². The van der Waals surface area contributed by atoms with Crippen molar-refractivity contribution < 1.29 is 29.0 Å². The molecule has 210 valence electrons. The highest BCUT2D eigenvalue weighted by atomic mass is 16.6. The summed E-state index contributed by atoms with van der Waals surface area (Å²) < 4.78 is 5.31. The molecule has 2 aromatic rings. The maximum atomic E-state index is 13.9. The number of phenols is 1. The van der Waals surface area contributed by atoms with Gasteiger partial charge in [-0.05, 0) is 62.9 Å². The molecule has 2 atom stereocenters. The lowest BCUT2D eigenvalue weighted by Gasteiger charge is -2.34. The molecule has 0 saturated carbocycles. The second kappa shape index (κ2) is 14.0. The first-order valence-electron chi connectivity index (χ1n) is 12.6. The Hall–Kier alpha value is -4.34. The van der Waals surface area contributed by atoms with E-state index < -0.39 is 41.5 Å². The fraction of sp³-hybridized carbons (Fsp3) is 0.379. The molecule has 2 rings (SSSR count). The molecular formula is C29H38N4O6. The van der Waals surface area contributed by atoms with E-state index in [1.165, 1.54) is 17.0 Å². The van der Waals surface area contributed by atoms with Gasteiger partial charge >= 0.3 is 6.09 Å². The minimum atomic E-state index is -1.21. The van der Waals surface area contributed by atoms with E-state index in [-0.39, 0.29) is 31.7 Å². The van der Waals surface area contributed by atoms with Crippen LogP contribution >= 0.6 is 0 Å². The van der Waals surface area contributed by atoms with Gasteiger partial charge in [-0.25, -0.2) is 4.79 Å². The molecule has 0 spiro atoms. The fourth-order valence-electron chi connectivity index (χ4n) is 3.86. The third-order valence-electron chi connectivity index (χ3n) is 5.68. The number of carbonyl (C=O) groups is 4. The summed E-state index contributed by atoms with van der Waals surface area (Å²) in [6.45, 7) is 10.6. The molecule has 0 fully saturated rings. The first-order chi connectivity index (χ1) is 18.3. The largest absolute Gasteiger partial charge is 0.508 e. The zero-order valence-electron chi connectivity index (χ0n) is 22.9. The number of aryl methyl sites for hydroxylation is 1. The van der Waals surface area contributed by atoms with Crippen molar-refractivity contribution in [2.45, 2.75) is 64.8 Å². The number of amides is 4. The quantitative estimate of drug-likeness (QED) is 0.305. The van der Waals surface area contributed by atoms with Gasteiger partial charge in [0.05, 0.1) is 0 Å². The van der Waals surface area contributed by atoms with E-state index in [1.807, 2.05) is 30.3 Å². The van der Waals surface area contributed by atoms with E-state index in [2.05, 4.69) is 17.2 Å². The molecule has 0 bridgehead atoms. The van der Waals surface area contributed by atoms with Crippen molar-refractivity contribution in [2.24, 2.45) is 5.73 Å². The monoisotopic (exact) mass is 538 g/mol. The highest BCUT2D eigenvalue weighted by Gasteiger charge is 2.36. The topological polar surface area (TPSA) is 151 Å². The van der Waals surface area contributed by atoms with Crippen LogP contribution in [0.2, 0.25) is 0 Å². The number of nitrogens with zero attached hydrogens (tertiary/aromatic N) is 1. The molecule has 0 radical (unpaired) electrons. The Labute approximate surface area is 229 Å². The molecule has 10 nitrogen and oxygen atoms in total. The van der Waals surface area contributed by atoms with Gasteiger partial charge < -0.3 is 31.1 Å². The van der Waals surface area contributed by atoms with Crippen LogP contribution in [0, 0.1) is 6.92 Å². The maximum absolute atomic E-state index is 13.9. The van der Waals surface area contributed by atoms with Gasteiger partial charge in [0.25, 0.3) is 0 Å². The van der Waals surface area contributed by atoms with Crippen LogP contribution in [0.3, 0.4) is 0 Å². The number of nitrogens with one attached hydrogen (secondary N) is 2. The van der Waals surface area contributed by atoms with E-state index in [1.54, 1.807) is 39.8 Å². The van der Waals surface area contributed by atoms with Gasteiger partial charge in [0, 0.05) is 19.5 Å². The van der Waals surface area contributed by atoms with Crippen LogP contribution in [0.15, 0.2) is 61.2 Å². The number of primary amides is 1. The Bertz CT molecular complexity index is 1180. The smallest absolute Gasteiger partial charge is 0.408 e. The van der Waals surface area contributed by atoms with Crippen LogP contribution in [0.5, 0.6) is 5.75 Å². The Morgan fingerprint density at radius 1 is 1.13 bits per heavy atom. The highest BCUT2D eigenvalue weighted by molar-refractivity contribution is 5.92. The standard InChI is InChI=1S/C29H38N4O6/c1-6-16-33(27(37)22(13-15-24(30)35)32-28(38)39-29(3,4)5)25(21-12-14-23(34)19(2)17-21)26(36)31-18-20-10-8-7-9-11-20/h6-12,14,17,22,25,34H,1,13,15-16,18H2,2-5H3,(H2,30,35)(H,31,36)(H,32,38). The number of benzene rings is 2. The summed E-state index contributed by atoms with van der Waals surface area (Å²) in [6, 6.07) is 11.5. The Morgan fingerprint density at radius 2 is 1.79 bits per heavy atom. The van der Waals surface area contributed by atoms with Gasteiger partial charge in [-0.2, -0.15) is 0 Å². The Balaban J connectivity index is 2.47. The average Bonchev–Trinajstić information content (AvgIpc) is 2.86. The minimum absolute atomic E-state index is 0.0368. The van der Waals surface area contributed by atoms with E-state index >= 15 is 0 Å². The molecule has 2 aromatic carbocycles. The van der Waals surface area contributed by atoms with E-state index in [9.17, 15) is 24.3 Å². The Morgan fingerprint density at radius 3 is 2.36 bits per heavy atom. The molecule has 4 amide bonds. The number of hydrogen-bond acceptors (Lipinski definition) is 6. The first kappa shape index (κ1) is 30.9. The molecule has 0 aliphatic heterocycles. The summed E-state index contributed by atoms with van der Waals surface area (Å²) in [5, 5.41) is 15.5. The molecule has 10 heteroatoms. The van der Waals surface area contributed by atoms with Crippen molar-refractivity contribution in [2.75, 3.05) is 6.54 Å². The normalized spacial score (nSPS) is 12.5. The summed E-state index contributed by atoms with van der Waals surface area (Å²) in [5.74, 6) is -1.73. The van der Waals surface area contributed by atoms with Crippen molar-refractivity contribution in [3.8, 4) is 5.75 Å². The molecule has 0 aliphatic rings. The van der Waals surface area contributed by atoms with Crippen molar-refractivity contribution in [1.82, 2.24) is 15.5 Å². The van der Waals surface area contributed by atoms with Gasteiger partial charge in [-0.15, -0.1) is 6.58 Å². The van der Waals surface area contributed by atoms with Crippen LogP contribution in [0.25, 0.3) is 0 Å². The van der Waals surface area contributed by atoms with Crippen LogP contribution < -0.4 is 16.4 Å². The molecule has 0 aromatic heterocycles. The summed E-state index contributed by atoms with van der Waals surface area (Å²) in [4.78, 5) is 52.9. The molecule has 2 unspecified atom stereocenters. The summed E-state index contributed by atoms with van der Waals surface area (Å²) in [6.07, 6.45) is 0.321. The van der Waals surface area contributed by atoms with Crippen LogP contribution in [-0.2, 0) is 25.7 Å². The van der Waals surface area contributed by atoms with Gasteiger partial charge in [0.2, 0.25) is 17.7 Å². The molecule has 0 saturated heterocycles. The highest BCUT2D eigenvalue weighted by Crippen LogP contribution is 2.27. The Kier molecular flexibility index (Phi) is 11.1. The predicted octanol–water partition coefficient (Wildman–Crippen LogP) is 3.23.